The number of benzene rings is 2. The zero-order valence-corrected chi connectivity index (χ0v) is 11.4. The Morgan fingerprint density at radius 2 is 1.90 bits per heavy atom. The van der Waals surface area contributed by atoms with Crippen LogP contribution in [0.5, 0.6) is 11.5 Å². The second kappa shape index (κ2) is 6.03. The minimum absolute atomic E-state index is 0.152. The van der Waals surface area contributed by atoms with Crippen LogP contribution in [0.1, 0.15) is 29.7 Å². The van der Waals surface area contributed by atoms with E-state index in [4.69, 9.17) is 4.74 Å². The second-order valence-electron chi connectivity index (χ2n) is 4.68. The van der Waals surface area contributed by atoms with Crippen molar-refractivity contribution in [2.75, 3.05) is 0 Å². The van der Waals surface area contributed by atoms with E-state index in [9.17, 15) is 14.6 Å². The smallest absolute Gasteiger partial charge is 0.133 e. The summed E-state index contributed by atoms with van der Waals surface area (Å²) in [5, 5.41) is 19.0. The van der Waals surface area contributed by atoms with Crippen molar-refractivity contribution in [1.29, 1.82) is 0 Å². The first kappa shape index (κ1) is 14.5. The Bertz CT molecular complexity index is 609. The summed E-state index contributed by atoms with van der Waals surface area (Å²) in [6.07, 6.45) is -0.846. The molecule has 0 fully saturated rings. The summed E-state index contributed by atoms with van der Waals surface area (Å²) in [5.41, 5.74) is 1.44. The molecule has 2 rings (SSSR count). The summed E-state index contributed by atoms with van der Waals surface area (Å²) in [5.74, 6) is 0.492. The topological polar surface area (TPSA) is 49.7 Å². The van der Waals surface area contributed by atoms with Gasteiger partial charge in [0.2, 0.25) is 0 Å². The summed E-state index contributed by atoms with van der Waals surface area (Å²) >= 11 is 0. The molecule has 0 spiro atoms. The summed E-state index contributed by atoms with van der Waals surface area (Å²) in [7, 11) is 0. The number of hydrogen-bond donors (Lipinski definition) is 2. The van der Waals surface area contributed by atoms with Gasteiger partial charge in [0.25, 0.3) is 0 Å². The highest BCUT2D eigenvalue weighted by Gasteiger charge is 2.14. The Balaban J connectivity index is 2.45. The maximum Gasteiger partial charge on any atom is 0.133 e. The third-order valence-electron chi connectivity index (χ3n) is 3.10. The maximum absolute atomic E-state index is 13.6. The molecule has 20 heavy (non-hydrogen) atoms. The van der Waals surface area contributed by atoms with Gasteiger partial charge < -0.3 is 14.9 Å². The number of hydrogen-bond acceptors (Lipinski definition) is 3. The highest BCUT2D eigenvalue weighted by molar-refractivity contribution is 5.44. The average molecular weight is 276 g/mol. The van der Waals surface area contributed by atoms with Crippen LogP contribution in [0.2, 0.25) is 0 Å². The van der Waals surface area contributed by atoms with Crippen LogP contribution in [0.25, 0.3) is 0 Å². The van der Waals surface area contributed by atoms with E-state index in [1.165, 1.54) is 6.07 Å². The van der Waals surface area contributed by atoms with E-state index < -0.39 is 6.10 Å². The minimum atomic E-state index is -0.846. The first-order valence-corrected chi connectivity index (χ1v) is 6.37. The van der Waals surface area contributed by atoms with Crippen LogP contribution >= 0.6 is 0 Å². The molecule has 0 heterocycles. The van der Waals surface area contributed by atoms with Crippen LogP contribution in [0.4, 0.5) is 4.39 Å². The molecule has 2 aromatic rings. The van der Waals surface area contributed by atoms with Gasteiger partial charge in [-0.3, -0.25) is 0 Å². The van der Waals surface area contributed by atoms with Crippen LogP contribution in [-0.2, 0) is 6.61 Å². The van der Waals surface area contributed by atoms with Crippen molar-refractivity contribution in [1.82, 2.24) is 0 Å². The molecule has 0 saturated carbocycles. The molecule has 0 amide bonds. The van der Waals surface area contributed by atoms with Crippen LogP contribution in [-0.4, -0.2) is 10.2 Å². The summed E-state index contributed by atoms with van der Waals surface area (Å²) in [4.78, 5) is 0. The Hall–Kier alpha value is -1.91. The molecule has 106 valence electrons. The fraction of sp³-hybridized carbons (Fsp3) is 0.250. The molecule has 0 radical (unpaired) electrons. The highest BCUT2D eigenvalue weighted by Crippen LogP contribution is 2.33. The Morgan fingerprint density at radius 1 is 1.20 bits per heavy atom. The van der Waals surface area contributed by atoms with Crippen molar-refractivity contribution in [2.45, 2.75) is 26.6 Å². The van der Waals surface area contributed by atoms with Crippen LogP contribution < -0.4 is 4.74 Å². The van der Waals surface area contributed by atoms with Gasteiger partial charge in [0.05, 0.1) is 12.7 Å². The molecule has 0 unspecified atom stereocenters. The first-order chi connectivity index (χ1) is 9.52. The van der Waals surface area contributed by atoms with Crippen molar-refractivity contribution in [3.8, 4) is 11.5 Å². The molecule has 0 aromatic heterocycles. The quantitative estimate of drug-likeness (QED) is 0.899. The van der Waals surface area contributed by atoms with Crippen LogP contribution in [0, 0.1) is 12.7 Å². The maximum atomic E-state index is 13.6. The Kier molecular flexibility index (Phi) is 4.37. The van der Waals surface area contributed by atoms with E-state index in [1.54, 1.807) is 44.2 Å². The standard InChI is InChI=1S/C16H17FO3/c1-10-7-16(13(11(2)19)8-14(10)17)20-15-6-4-3-5-12(15)9-18/h3-8,11,18-19H,9H2,1-2H3/t11-/m0/s1. The van der Waals surface area contributed by atoms with Gasteiger partial charge in [0.1, 0.15) is 17.3 Å². The van der Waals surface area contributed by atoms with E-state index in [0.717, 1.165) is 0 Å². The molecule has 4 heteroatoms. The molecule has 1 atom stereocenters. The predicted octanol–water partition coefficient (Wildman–Crippen LogP) is 3.47. The third-order valence-corrected chi connectivity index (χ3v) is 3.10. The lowest BCUT2D eigenvalue weighted by atomic mass is 10.1. The van der Waals surface area contributed by atoms with E-state index >= 15 is 0 Å². The van der Waals surface area contributed by atoms with Gasteiger partial charge in [-0.2, -0.15) is 0 Å². The van der Waals surface area contributed by atoms with Gasteiger partial charge in [0.15, 0.2) is 0 Å². The fourth-order valence-electron chi connectivity index (χ4n) is 1.94. The Labute approximate surface area is 117 Å². The molecule has 2 aromatic carbocycles. The van der Waals surface area contributed by atoms with Gasteiger partial charge in [-0.15, -0.1) is 0 Å². The lowest BCUT2D eigenvalue weighted by Gasteiger charge is -2.16. The number of aliphatic hydroxyl groups is 2. The monoisotopic (exact) mass is 276 g/mol. The zero-order chi connectivity index (χ0) is 14.7. The number of aryl methyl sites for hydroxylation is 1. The number of aliphatic hydroxyl groups excluding tert-OH is 2. The van der Waals surface area contributed by atoms with Crippen LogP contribution in [0.3, 0.4) is 0 Å². The van der Waals surface area contributed by atoms with Crippen molar-refractivity contribution in [2.24, 2.45) is 0 Å². The van der Waals surface area contributed by atoms with E-state index in [-0.39, 0.29) is 12.4 Å². The second-order valence-corrected chi connectivity index (χ2v) is 4.68. The summed E-state index contributed by atoms with van der Waals surface area (Å²) in [6.45, 7) is 3.03. The minimum Gasteiger partial charge on any atom is -0.457 e. The van der Waals surface area contributed by atoms with Crippen LogP contribution in [0.15, 0.2) is 36.4 Å². The van der Waals surface area contributed by atoms with Gasteiger partial charge in [-0.25, -0.2) is 4.39 Å². The largest absolute Gasteiger partial charge is 0.457 e. The average Bonchev–Trinajstić information content (AvgIpc) is 2.43. The van der Waals surface area contributed by atoms with E-state index in [1.807, 2.05) is 0 Å². The molecule has 0 aliphatic heterocycles. The summed E-state index contributed by atoms with van der Waals surface area (Å²) in [6, 6.07) is 9.86. The molecular formula is C16H17FO3. The predicted molar refractivity (Wildman–Crippen MR) is 74.2 cm³/mol. The van der Waals surface area contributed by atoms with E-state index in [2.05, 4.69) is 0 Å². The van der Waals surface area contributed by atoms with E-state index in [0.29, 0.717) is 28.2 Å². The first-order valence-electron chi connectivity index (χ1n) is 6.37. The molecule has 0 aliphatic carbocycles. The molecule has 3 nitrogen and oxygen atoms in total. The number of halogens is 1. The van der Waals surface area contributed by atoms with Crippen molar-refractivity contribution >= 4 is 0 Å². The molecule has 0 saturated heterocycles. The fourth-order valence-corrected chi connectivity index (χ4v) is 1.94. The van der Waals surface area contributed by atoms with Gasteiger partial charge in [-0.05, 0) is 37.6 Å². The van der Waals surface area contributed by atoms with Gasteiger partial charge >= 0.3 is 0 Å². The highest BCUT2D eigenvalue weighted by atomic mass is 19.1. The van der Waals surface area contributed by atoms with Gasteiger partial charge in [0, 0.05) is 11.1 Å². The molecule has 2 N–H and O–H groups in total. The number of rotatable bonds is 4. The number of para-hydroxylation sites is 1. The molecular weight excluding hydrogens is 259 g/mol. The van der Waals surface area contributed by atoms with Crippen molar-refractivity contribution in [3.05, 3.63) is 58.9 Å². The summed E-state index contributed by atoms with van der Waals surface area (Å²) < 4.78 is 19.3. The van der Waals surface area contributed by atoms with Gasteiger partial charge in [-0.1, -0.05) is 18.2 Å². The SMILES string of the molecule is Cc1cc(Oc2ccccc2CO)c([C@H](C)O)cc1F. The van der Waals surface area contributed by atoms with Crippen molar-refractivity contribution in [3.63, 3.8) is 0 Å². The lowest BCUT2D eigenvalue weighted by molar-refractivity contribution is 0.195. The Morgan fingerprint density at radius 3 is 2.55 bits per heavy atom. The zero-order valence-electron chi connectivity index (χ0n) is 11.4. The third kappa shape index (κ3) is 2.98. The molecule has 0 aliphatic rings. The lowest BCUT2D eigenvalue weighted by Crippen LogP contribution is -2.00. The van der Waals surface area contributed by atoms with Crippen molar-refractivity contribution < 1.29 is 19.3 Å². The molecule has 0 bridgehead atoms. The normalized spacial score (nSPS) is 12.2. The number of ether oxygens (including phenoxy) is 1.